The van der Waals surface area contributed by atoms with Crippen LogP contribution in [0.4, 0.5) is 4.39 Å². The van der Waals surface area contributed by atoms with Crippen molar-refractivity contribution in [2.45, 2.75) is 12.6 Å². The van der Waals surface area contributed by atoms with Crippen LogP contribution in [-0.4, -0.2) is 12.1 Å². The molecule has 0 aliphatic heterocycles. The molecule has 0 radical (unpaired) electrons. The predicted octanol–water partition coefficient (Wildman–Crippen LogP) is 1.71. The van der Waals surface area contributed by atoms with Gasteiger partial charge in [0.15, 0.2) is 6.17 Å². The number of hydrogen-bond acceptors (Lipinski definition) is 1. The fourth-order valence-electron chi connectivity index (χ4n) is 0.958. The Hall–Kier alpha value is -1.09. The van der Waals surface area contributed by atoms with E-state index in [1.807, 2.05) is 0 Å². The molecule has 2 N–H and O–H groups in total. The molecule has 0 fully saturated rings. The molecule has 0 saturated carbocycles. The van der Waals surface area contributed by atoms with Gasteiger partial charge in [-0.25, -0.2) is 4.39 Å². The van der Waals surface area contributed by atoms with E-state index in [-0.39, 0.29) is 6.42 Å². The maximum atomic E-state index is 12.9. The van der Waals surface area contributed by atoms with Gasteiger partial charge in [0.2, 0.25) is 0 Å². The molecule has 1 atom stereocenters. The third-order valence-electron chi connectivity index (χ3n) is 1.67. The van der Waals surface area contributed by atoms with E-state index < -0.39 is 12.1 Å². The standard InChI is InChI=1S/C9H9ClFNO/c10-7-4-2-1-3-6(7)5-8(11)9(12)13/h1-4,8H,5H2,(H2,12,13). The van der Waals surface area contributed by atoms with Crippen molar-refractivity contribution in [3.8, 4) is 0 Å². The Bertz CT molecular complexity index is 316. The van der Waals surface area contributed by atoms with E-state index in [9.17, 15) is 9.18 Å². The van der Waals surface area contributed by atoms with Crippen molar-refractivity contribution in [2.75, 3.05) is 0 Å². The van der Waals surface area contributed by atoms with Gasteiger partial charge in [0.25, 0.3) is 5.91 Å². The number of nitrogens with two attached hydrogens (primary N) is 1. The van der Waals surface area contributed by atoms with Gasteiger partial charge in [-0.05, 0) is 11.6 Å². The average molecular weight is 202 g/mol. The SMILES string of the molecule is NC(=O)C(F)Cc1ccccc1Cl. The number of carbonyl (C=O) groups excluding carboxylic acids is 1. The topological polar surface area (TPSA) is 43.1 Å². The minimum Gasteiger partial charge on any atom is -0.367 e. The molecule has 0 heterocycles. The Morgan fingerprint density at radius 2 is 2.15 bits per heavy atom. The number of rotatable bonds is 3. The second-order valence-electron chi connectivity index (χ2n) is 2.67. The average Bonchev–Trinajstić information content (AvgIpc) is 2.08. The summed E-state index contributed by atoms with van der Waals surface area (Å²) >= 11 is 5.75. The molecule has 1 aromatic rings. The van der Waals surface area contributed by atoms with Crippen LogP contribution in [-0.2, 0) is 11.2 Å². The van der Waals surface area contributed by atoms with Crippen LogP contribution in [0.5, 0.6) is 0 Å². The second kappa shape index (κ2) is 4.23. The summed E-state index contributed by atoms with van der Waals surface area (Å²) in [7, 11) is 0. The monoisotopic (exact) mass is 201 g/mol. The smallest absolute Gasteiger partial charge is 0.252 e. The lowest BCUT2D eigenvalue weighted by molar-refractivity contribution is -0.122. The largest absolute Gasteiger partial charge is 0.367 e. The second-order valence-corrected chi connectivity index (χ2v) is 3.07. The van der Waals surface area contributed by atoms with Crippen molar-refractivity contribution >= 4 is 17.5 Å². The highest BCUT2D eigenvalue weighted by Crippen LogP contribution is 2.17. The molecule has 2 nitrogen and oxygen atoms in total. The van der Waals surface area contributed by atoms with Crippen LogP contribution in [0.15, 0.2) is 24.3 Å². The van der Waals surface area contributed by atoms with Crippen LogP contribution < -0.4 is 5.73 Å². The third kappa shape index (κ3) is 2.70. The molecular formula is C9H9ClFNO. The van der Waals surface area contributed by atoms with Gasteiger partial charge >= 0.3 is 0 Å². The predicted molar refractivity (Wildman–Crippen MR) is 49.2 cm³/mol. The normalized spacial score (nSPS) is 12.5. The molecule has 0 bridgehead atoms. The molecule has 13 heavy (non-hydrogen) atoms. The molecule has 1 amide bonds. The third-order valence-corrected chi connectivity index (χ3v) is 2.03. The van der Waals surface area contributed by atoms with Crippen molar-refractivity contribution < 1.29 is 9.18 Å². The van der Waals surface area contributed by atoms with Crippen molar-refractivity contribution in [1.29, 1.82) is 0 Å². The number of benzene rings is 1. The maximum Gasteiger partial charge on any atom is 0.252 e. The van der Waals surface area contributed by atoms with Crippen molar-refractivity contribution in [2.24, 2.45) is 5.73 Å². The van der Waals surface area contributed by atoms with Gasteiger partial charge in [-0.2, -0.15) is 0 Å². The van der Waals surface area contributed by atoms with Gasteiger partial charge < -0.3 is 5.73 Å². The zero-order valence-electron chi connectivity index (χ0n) is 6.84. The lowest BCUT2D eigenvalue weighted by Gasteiger charge is -2.05. The zero-order chi connectivity index (χ0) is 9.84. The van der Waals surface area contributed by atoms with Crippen molar-refractivity contribution in [3.05, 3.63) is 34.9 Å². The lowest BCUT2D eigenvalue weighted by Crippen LogP contribution is -2.26. The molecule has 70 valence electrons. The summed E-state index contributed by atoms with van der Waals surface area (Å²) in [6.45, 7) is 0. The Morgan fingerprint density at radius 3 is 2.69 bits per heavy atom. The summed E-state index contributed by atoms with van der Waals surface area (Å²) in [5.41, 5.74) is 5.37. The summed E-state index contributed by atoms with van der Waals surface area (Å²) in [6, 6.07) is 6.78. The molecule has 0 aromatic heterocycles. The van der Waals surface area contributed by atoms with Crippen LogP contribution in [0.1, 0.15) is 5.56 Å². The van der Waals surface area contributed by atoms with Gasteiger partial charge in [0.05, 0.1) is 0 Å². The molecule has 0 aliphatic carbocycles. The van der Waals surface area contributed by atoms with E-state index in [0.29, 0.717) is 10.6 Å². The summed E-state index contributed by atoms with van der Waals surface area (Å²) in [4.78, 5) is 10.4. The fourth-order valence-corrected chi connectivity index (χ4v) is 1.17. The van der Waals surface area contributed by atoms with E-state index in [0.717, 1.165) is 0 Å². The van der Waals surface area contributed by atoms with Gasteiger partial charge in [-0.15, -0.1) is 0 Å². The van der Waals surface area contributed by atoms with Crippen LogP contribution in [0.25, 0.3) is 0 Å². The molecule has 1 rings (SSSR count). The number of primary amides is 1. The first-order chi connectivity index (χ1) is 6.11. The Balaban J connectivity index is 2.74. The molecule has 0 spiro atoms. The number of alkyl halides is 1. The first-order valence-electron chi connectivity index (χ1n) is 3.78. The van der Waals surface area contributed by atoms with Gasteiger partial charge in [-0.3, -0.25) is 4.79 Å². The molecule has 0 saturated heterocycles. The Morgan fingerprint density at radius 1 is 1.54 bits per heavy atom. The van der Waals surface area contributed by atoms with Crippen molar-refractivity contribution in [3.63, 3.8) is 0 Å². The van der Waals surface area contributed by atoms with E-state index in [4.69, 9.17) is 17.3 Å². The van der Waals surface area contributed by atoms with Crippen LogP contribution in [0.3, 0.4) is 0 Å². The highest BCUT2D eigenvalue weighted by atomic mass is 35.5. The highest BCUT2D eigenvalue weighted by molar-refractivity contribution is 6.31. The van der Waals surface area contributed by atoms with Crippen molar-refractivity contribution in [1.82, 2.24) is 0 Å². The molecule has 1 aromatic carbocycles. The van der Waals surface area contributed by atoms with Crippen LogP contribution in [0.2, 0.25) is 5.02 Å². The fraction of sp³-hybridized carbons (Fsp3) is 0.222. The molecule has 0 aliphatic rings. The Kier molecular flexibility index (Phi) is 3.25. The first kappa shape index (κ1) is 9.99. The Labute approximate surface area is 80.5 Å². The summed E-state index contributed by atoms with van der Waals surface area (Å²) in [5.74, 6) is -0.958. The number of carbonyl (C=O) groups is 1. The number of halogens is 2. The summed E-state index contributed by atoms with van der Waals surface area (Å²) < 4.78 is 12.9. The van der Waals surface area contributed by atoms with Gasteiger partial charge in [0, 0.05) is 11.4 Å². The van der Waals surface area contributed by atoms with E-state index in [1.54, 1.807) is 24.3 Å². The van der Waals surface area contributed by atoms with E-state index >= 15 is 0 Å². The number of amides is 1. The minimum atomic E-state index is -1.67. The zero-order valence-corrected chi connectivity index (χ0v) is 7.59. The minimum absolute atomic E-state index is 0.0605. The van der Waals surface area contributed by atoms with Gasteiger partial charge in [-0.1, -0.05) is 29.8 Å². The quantitative estimate of drug-likeness (QED) is 0.795. The van der Waals surface area contributed by atoms with Crippen LogP contribution >= 0.6 is 11.6 Å². The number of hydrogen-bond donors (Lipinski definition) is 1. The molecule has 4 heteroatoms. The van der Waals surface area contributed by atoms with Crippen LogP contribution in [0, 0.1) is 0 Å². The lowest BCUT2D eigenvalue weighted by atomic mass is 10.1. The maximum absolute atomic E-state index is 12.9. The first-order valence-corrected chi connectivity index (χ1v) is 4.16. The molecule has 1 unspecified atom stereocenters. The summed E-state index contributed by atoms with van der Waals surface area (Å²) in [6.07, 6.45) is -1.73. The highest BCUT2D eigenvalue weighted by Gasteiger charge is 2.15. The van der Waals surface area contributed by atoms with E-state index in [2.05, 4.69) is 0 Å². The van der Waals surface area contributed by atoms with Gasteiger partial charge in [0.1, 0.15) is 0 Å². The summed E-state index contributed by atoms with van der Waals surface area (Å²) in [5, 5.41) is 0.450. The van der Waals surface area contributed by atoms with E-state index in [1.165, 1.54) is 0 Å². The molecular weight excluding hydrogens is 193 g/mol.